The van der Waals surface area contributed by atoms with Gasteiger partial charge in [-0.15, -0.1) is 0 Å². The van der Waals surface area contributed by atoms with Crippen molar-refractivity contribution >= 4 is 33.3 Å². The first-order valence-corrected chi connectivity index (χ1v) is 9.61. The lowest BCUT2D eigenvalue weighted by Crippen LogP contribution is -2.20. The first-order chi connectivity index (χ1) is 13.6. The minimum atomic E-state index is -0.574. The molecule has 0 heterocycles. The van der Waals surface area contributed by atoms with Gasteiger partial charge >= 0.3 is 5.97 Å². The zero-order valence-electron chi connectivity index (χ0n) is 16.0. The van der Waals surface area contributed by atoms with Crippen LogP contribution in [0.25, 0.3) is 0 Å². The Balaban J connectivity index is 1.86. The second-order valence-corrected chi connectivity index (χ2v) is 7.15. The van der Waals surface area contributed by atoms with Gasteiger partial charge in [-0.05, 0) is 37.0 Å². The number of nitrogens with zero attached hydrogens (tertiary/aromatic N) is 2. The van der Waals surface area contributed by atoms with E-state index in [2.05, 4.69) is 32.3 Å². The van der Waals surface area contributed by atoms with Crippen LogP contribution in [-0.2, 0) is 32.2 Å². The van der Waals surface area contributed by atoms with Gasteiger partial charge in [0.15, 0.2) is 5.71 Å². The van der Waals surface area contributed by atoms with Crippen LogP contribution < -0.4 is 0 Å². The van der Waals surface area contributed by atoms with Gasteiger partial charge in [-0.3, -0.25) is 0 Å². The number of esters is 1. The highest BCUT2D eigenvalue weighted by Gasteiger charge is 2.22. The maximum atomic E-state index is 12.1. The SMILES string of the molecule is CO/N=C(/C(=O)OC)c1cccc(C)c1CO/N=C1\CCc2c(Br)cccc21. The second-order valence-electron chi connectivity index (χ2n) is 6.29. The van der Waals surface area contributed by atoms with Crippen LogP contribution in [0.2, 0.25) is 0 Å². The second kappa shape index (κ2) is 9.01. The Labute approximate surface area is 172 Å². The predicted octanol–water partition coefficient (Wildman–Crippen LogP) is 4.15. The highest BCUT2D eigenvalue weighted by molar-refractivity contribution is 9.10. The molecule has 7 heteroatoms. The van der Waals surface area contributed by atoms with Crippen molar-refractivity contribution in [2.24, 2.45) is 10.3 Å². The van der Waals surface area contributed by atoms with E-state index in [1.807, 2.05) is 31.2 Å². The van der Waals surface area contributed by atoms with E-state index >= 15 is 0 Å². The fourth-order valence-electron chi connectivity index (χ4n) is 3.23. The standard InChI is InChI=1S/C21H21BrN2O4/c1-13-6-4-8-16(20(24-27-3)21(25)26-2)17(13)12-28-23-19-11-10-14-15(19)7-5-9-18(14)22/h4-9H,10-12H2,1-3H3/b23-19+,24-20+. The number of carbonyl (C=O) groups excluding carboxylic acids is 1. The van der Waals surface area contributed by atoms with Crippen molar-refractivity contribution in [2.45, 2.75) is 26.4 Å². The molecule has 0 atom stereocenters. The topological polar surface area (TPSA) is 69.5 Å². The van der Waals surface area contributed by atoms with Gasteiger partial charge in [0.05, 0.1) is 12.8 Å². The van der Waals surface area contributed by atoms with Crippen LogP contribution in [0.3, 0.4) is 0 Å². The van der Waals surface area contributed by atoms with Gasteiger partial charge in [-0.1, -0.05) is 56.6 Å². The number of ether oxygens (including phenoxy) is 1. The number of oxime groups is 2. The summed E-state index contributed by atoms with van der Waals surface area (Å²) in [5.41, 5.74) is 5.74. The Morgan fingerprint density at radius 3 is 2.68 bits per heavy atom. The summed E-state index contributed by atoms with van der Waals surface area (Å²) in [5, 5.41) is 8.20. The van der Waals surface area contributed by atoms with E-state index in [-0.39, 0.29) is 12.3 Å². The molecule has 0 N–H and O–H groups in total. The predicted molar refractivity (Wildman–Crippen MR) is 111 cm³/mol. The number of methoxy groups -OCH3 is 1. The molecule has 0 amide bonds. The molecule has 6 nitrogen and oxygen atoms in total. The zero-order valence-corrected chi connectivity index (χ0v) is 17.6. The first kappa shape index (κ1) is 20.1. The molecule has 0 fully saturated rings. The van der Waals surface area contributed by atoms with E-state index < -0.39 is 5.97 Å². The molecule has 0 bridgehead atoms. The molecule has 0 radical (unpaired) electrons. The number of hydrogen-bond donors (Lipinski definition) is 0. The van der Waals surface area contributed by atoms with Crippen molar-refractivity contribution in [3.8, 4) is 0 Å². The molecule has 2 aromatic rings. The van der Waals surface area contributed by atoms with Crippen LogP contribution in [-0.4, -0.2) is 31.6 Å². The Morgan fingerprint density at radius 1 is 1.14 bits per heavy atom. The molecule has 146 valence electrons. The van der Waals surface area contributed by atoms with Crippen LogP contribution in [0.1, 0.15) is 34.2 Å². The number of benzene rings is 2. The molecular weight excluding hydrogens is 424 g/mol. The van der Waals surface area contributed by atoms with Crippen molar-refractivity contribution in [1.29, 1.82) is 0 Å². The first-order valence-electron chi connectivity index (χ1n) is 8.81. The molecule has 2 aromatic carbocycles. The third-order valence-corrected chi connectivity index (χ3v) is 5.39. The van der Waals surface area contributed by atoms with E-state index in [0.717, 1.165) is 39.7 Å². The van der Waals surface area contributed by atoms with E-state index in [1.54, 1.807) is 6.07 Å². The van der Waals surface area contributed by atoms with E-state index in [0.29, 0.717) is 5.56 Å². The lowest BCUT2D eigenvalue weighted by Gasteiger charge is -2.12. The van der Waals surface area contributed by atoms with Gasteiger partial charge in [0.25, 0.3) is 0 Å². The third-order valence-electron chi connectivity index (χ3n) is 4.65. The lowest BCUT2D eigenvalue weighted by molar-refractivity contribution is -0.132. The largest absolute Gasteiger partial charge is 0.464 e. The zero-order chi connectivity index (χ0) is 20.1. The fourth-order valence-corrected chi connectivity index (χ4v) is 3.80. The highest BCUT2D eigenvalue weighted by atomic mass is 79.9. The number of rotatable bonds is 6. The van der Waals surface area contributed by atoms with Gasteiger partial charge in [0.2, 0.25) is 0 Å². The number of carbonyl (C=O) groups is 1. The minimum absolute atomic E-state index is 0.0927. The molecule has 0 aromatic heterocycles. The smallest absolute Gasteiger partial charge is 0.360 e. The van der Waals surface area contributed by atoms with Crippen molar-refractivity contribution < 1.29 is 19.2 Å². The molecule has 1 aliphatic carbocycles. The van der Waals surface area contributed by atoms with Crippen LogP contribution in [0.5, 0.6) is 0 Å². The molecule has 3 rings (SSSR count). The number of halogens is 1. The molecule has 1 aliphatic rings. The Bertz CT molecular complexity index is 953. The molecule has 0 aliphatic heterocycles. The molecule has 0 saturated carbocycles. The highest BCUT2D eigenvalue weighted by Crippen LogP contribution is 2.29. The van der Waals surface area contributed by atoms with Crippen LogP contribution in [0, 0.1) is 6.92 Å². The van der Waals surface area contributed by atoms with Gasteiger partial charge in [-0.2, -0.15) is 0 Å². The van der Waals surface area contributed by atoms with Crippen LogP contribution >= 0.6 is 15.9 Å². The number of aryl methyl sites for hydroxylation is 1. The van der Waals surface area contributed by atoms with Crippen LogP contribution in [0.4, 0.5) is 0 Å². The van der Waals surface area contributed by atoms with Crippen molar-refractivity contribution in [3.05, 3.63) is 68.7 Å². The molecule has 0 unspecified atom stereocenters. The average molecular weight is 445 g/mol. The monoisotopic (exact) mass is 444 g/mol. The Hall–Kier alpha value is -2.67. The van der Waals surface area contributed by atoms with E-state index in [1.165, 1.54) is 19.8 Å². The number of hydrogen-bond acceptors (Lipinski definition) is 6. The molecule has 28 heavy (non-hydrogen) atoms. The number of fused-ring (bicyclic) bond motifs is 1. The van der Waals surface area contributed by atoms with Gasteiger partial charge in [-0.25, -0.2) is 4.79 Å². The fraction of sp³-hybridized carbons (Fsp3) is 0.286. The lowest BCUT2D eigenvalue weighted by atomic mass is 9.99. The Morgan fingerprint density at radius 2 is 1.93 bits per heavy atom. The summed E-state index contributed by atoms with van der Waals surface area (Å²) < 4.78 is 5.92. The maximum Gasteiger partial charge on any atom is 0.360 e. The van der Waals surface area contributed by atoms with E-state index in [9.17, 15) is 4.79 Å². The molecular formula is C21H21BrN2O4. The summed E-state index contributed by atoms with van der Waals surface area (Å²) >= 11 is 3.59. The van der Waals surface area contributed by atoms with Crippen molar-refractivity contribution in [2.75, 3.05) is 14.2 Å². The Kier molecular flexibility index (Phi) is 6.46. The summed E-state index contributed by atoms with van der Waals surface area (Å²) in [6, 6.07) is 11.7. The molecule has 0 spiro atoms. The summed E-state index contributed by atoms with van der Waals surface area (Å²) in [5.74, 6) is -0.574. The van der Waals surface area contributed by atoms with Crippen molar-refractivity contribution in [3.63, 3.8) is 0 Å². The van der Waals surface area contributed by atoms with Crippen LogP contribution in [0.15, 0.2) is 51.2 Å². The quantitative estimate of drug-likeness (QED) is 0.381. The summed E-state index contributed by atoms with van der Waals surface area (Å²) in [7, 11) is 2.69. The van der Waals surface area contributed by atoms with Gasteiger partial charge in [0.1, 0.15) is 13.7 Å². The average Bonchev–Trinajstić information content (AvgIpc) is 3.11. The normalized spacial score (nSPS) is 14.7. The van der Waals surface area contributed by atoms with E-state index in [4.69, 9.17) is 14.4 Å². The maximum absolute atomic E-state index is 12.1. The summed E-state index contributed by atoms with van der Waals surface area (Å²) in [6.45, 7) is 2.15. The summed E-state index contributed by atoms with van der Waals surface area (Å²) in [6.07, 6.45) is 1.76. The third kappa shape index (κ3) is 4.09. The van der Waals surface area contributed by atoms with Gasteiger partial charge < -0.3 is 14.4 Å². The summed E-state index contributed by atoms with van der Waals surface area (Å²) in [4.78, 5) is 22.6. The molecule has 0 saturated heterocycles. The minimum Gasteiger partial charge on any atom is -0.464 e. The van der Waals surface area contributed by atoms with Crippen molar-refractivity contribution in [1.82, 2.24) is 0 Å². The van der Waals surface area contributed by atoms with Gasteiger partial charge in [0, 0.05) is 21.2 Å².